The molecule has 1 aromatic heterocycles. The van der Waals surface area contributed by atoms with Crippen LogP contribution in [0.1, 0.15) is 24.1 Å². The quantitative estimate of drug-likeness (QED) is 0.319. The van der Waals surface area contributed by atoms with Crippen molar-refractivity contribution >= 4 is 28.9 Å². The molecule has 1 aliphatic rings. The maximum atomic E-state index is 14.0. The lowest BCUT2D eigenvalue weighted by Crippen LogP contribution is -2.49. The lowest BCUT2D eigenvalue weighted by molar-refractivity contribution is -0.153. The summed E-state index contributed by atoms with van der Waals surface area (Å²) in [4.78, 5) is 33.7. The number of anilines is 1. The maximum Gasteiger partial charge on any atom is 0.321 e. The number of hydrogen-bond donors (Lipinski definition) is 0. The minimum absolute atomic E-state index is 0.178. The Balaban J connectivity index is 1.78. The summed E-state index contributed by atoms with van der Waals surface area (Å²) in [5.74, 6) is -0.919. The molecule has 3 aromatic carbocycles. The molecule has 0 spiro atoms. The zero-order valence-corrected chi connectivity index (χ0v) is 19.0. The Morgan fingerprint density at radius 3 is 2.44 bits per heavy atom. The summed E-state index contributed by atoms with van der Waals surface area (Å²) >= 11 is 0. The van der Waals surface area contributed by atoms with E-state index in [2.05, 4.69) is 0 Å². The SMILES string of the molecule is CCOC(=O)[C@@H]1C(=O)N(Cc2ccccc2)c2nc3ccccc3n2[C@H]1c1ccccc1OC. The van der Waals surface area contributed by atoms with Crippen LogP contribution in [0.15, 0.2) is 78.9 Å². The summed E-state index contributed by atoms with van der Waals surface area (Å²) in [5.41, 5.74) is 3.23. The van der Waals surface area contributed by atoms with Crippen LogP contribution in [-0.4, -0.2) is 35.1 Å². The monoisotopic (exact) mass is 455 g/mol. The summed E-state index contributed by atoms with van der Waals surface area (Å²) < 4.78 is 13.0. The zero-order valence-electron chi connectivity index (χ0n) is 19.0. The lowest BCUT2D eigenvalue weighted by atomic mass is 9.88. The molecule has 172 valence electrons. The van der Waals surface area contributed by atoms with E-state index >= 15 is 0 Å². The topological polar surface area (TPSA) is 73.7 Å². The molecule has 7 nitrogen and oxygen atoms in total. The molecule has 0 N–H and O–H groups in total. The molecular weight excluding hydrogens is 430 g/mol. The van der Waals surface area contributed by atoms with Crippen molar-refractivity contribution in [1.82, 2.24) is 9.55 Å². The molecule has 2 heterocycles. The molecule has 4 aromatic rings. The molecule has 1 amide bonds. The number of rotatable bonds is 6. The fourth-order valence-corrected chi connectivity index (χ4v) is 4.65. The van der Waals surface area contributed by atoms with Crippen LogP contribution in [0.5, 0.6) is 5.75 Å². The van der Waals surface area contributed by atoms with E-state index in [1.54, 1.807) is 18.9 Å². The molecule has 7 heteroatoms. The number of hydrogen-bond acceptors (Lipinski definition) is 5. The van der Waals surface area contributed by atoms with Crippen LogP contribution in [0, 0.1) is 5.92 Å². The number of fused-ring (bicyclic) bond motifs is 3. The minimum atomic E-state index is -1.09. The van der Waals surface area contributed by atoms with Crippen molar-refractivity contribution in [2.45, 2.75) is 19.5 Å². The van der Waals surface area contributed by atoms with Gasteiger partial charge in [-0.2, -0.15) is 0 Å². The van der Waals surface area contributed by atoms with Crippen molar-refractivity contribution in [2.24, 2.45) is 5.92 Å². The fourth-order valence-electron chi connectivity index (χ4n) is 4.65. The second kappa shape index (κ2) is 9.02. The van der Waals surface area contributed by atoms with E-state index in [-0.39, 0.29) is 19.1 Å². The maximum absolute atomic E-state index is 14.0. The number of para-hydroxylation sites is 3. The van der Waals surface area contributed by atoms with Crippen LogP contribution in [0.3, 0.4) is 0 Å². The van der Waals surface area contributed by atoms with Gasteiger partial charge >= 0.3 is 5.97 Å². The van der Waals surface area contributed by atoms with Crippen LogP contribution in [0.4, 0.5) is 5.95 Å². The van der Waals surface area contributed by atoms with Gasteiger partial charge in [0, 0.05) is 5.56 Å². The van der Waals surface area contributed by atoms with E-state index in [0.717, 1.165) is 22.2 Å². The molecule has 1 aliphatic heterocycles. The molecule has 0 radical (unpaired) electrons. The molecule has 5 rings (SSSR count). The number of methoxy groups -OCH3 is 1. The number of carbonyl (C=O) groups is 2. The Kier molecular flexibility index (Phi) is 5.76. The third-order valence-corrected chi connectivity index (χ3v) is 6.13. The number of amides is 1. The number of esters is 1. The van der Waals surface area contributed by atoms with E-state index < -0.39 is 17.9 Å². The number of benzene rings is 3. The Morgan fingerprint density at radius 1 is 0.971 bits per heavy atom. The standard InChI is InChI=1S/C27H25N3O4/c1-3-34-26(32)23-24(19-13-7-10-16-22(19)33-2)30-21-15-9-8-14-20(21)28-27(30)29(25(23)31)17-18-11-5-4-6-12-18/h4-16,23-24H,3,17H2,1-2H3/t23-,24-/m0/s1. The number of nitrogens with zero attached hydrogens (tertiary/aromatic N) is 3. The highest BCUT2D eigenvalue weighted by atomic mass is 16.5. The third kappa shape index (κ3) is 3.59. The van der Waals surface area contributed by atoms with Gasteiger partial charge < -0.3 is 14.0 Å². The first-order valence-electron chi connectivity index (χ1n) is 11.3. The van der Waals surface area contributed by atoms with Gasteiger partial charge in [0.1, 0.15) is 5.75 Å². The average Bonchev–Trinajstić information content (AvgIpc) is 3.25. The highest BCUT2D eigenvalue weighted by molar-refractivity contribution is 6.08. The van der Waals surface area contributed by atoms with E-state index in [0.29, 0.717) is 11.7 Å². The summed E-state index contributed by atoms with van der Waals surface area (Å²) in [6.45, 7) is 2.21. The average molecular weight is 456 g/mol. The van der Waals surface area contributed by atoms with Crippen molar-refractivity contribution in [3.8, 4) is 5.75 Å². The van der Waals surface area contributed by atoms with Crippen LogP contribution in [0.25, 0.3) is 11.0 Å². The normalized spacial score (nSPS) is 17.5. The second-order valence-corrected chi connectivity index (χ2v) is 8.10. The smallest absolute Gasteiger partial charge is 0.321 e. The van der Waals surface area contributed by atoms with Gasteiger partial charge in [-0.3, -0.25) is 14.5 Å². The predicted molar refractivity (Wildman–Crippen MR) is 129 cm³/mol. The summed E-state index contributed by atoms with van der Waals surface area (Å²) in [7, 11) is 1.58. The van der Waals surface area contributed by atoms with Gasteiger partial charge in [0.15, 0.2) is 5.92 Å². The second-order valence-electron chi connectivity index (χ2n) is 8.10. The van der Waals surface area contributed by atoms with Gasteiger partial charge in [-0.15, -0.1) is 0 Å². The lowest BCUT2D eigenvalue weighted by Gasteiger charge is -2.38. The molecule has 0 unspecified atom stereocenters. The minimum Gasteiger partial charge on any atom is -0.496 e. The van der Waals surface area contributed by atoms with Crippen molar-refractivity contribution < 1.29 is 19.1 Å². The van der Waals surface area contributed by atoms with Gasteiger partial charge in [0.25, 0.3) is 0 Å². The molecule has 0 bridgehead atoms. The van der Waals surface area contributed by atoms with Gasteiger partial charge in [0.2, 0.25) is 11.9 Å². The van der Waals surface area contributed by atoms with Gasteiger partial charge in [0.05, 0.1) is 37.3 Å². The van der Waals surface area contributed by atoms with Crippen molar-refractivity contribution in [1.29, 1.82) is 0 Å². The molecule has 0 saturated heterocycles. The number of carbonyl (C=O) groups excluding carboxylic acids is 2. The first-order chi connectivity index (χ1) is 16.6. The van der Waals surface area contributed by atoms with Gasteiger partial charge in [-0.05, 0) is 30.7 Å². The molecule has 2 atom stereocenters. The summed E-state index contributed by atoms with van der Waals surface area (Å²) in [5, 5.41) is 0. The van der Waals surface area contributed by atoms with Crippen molar-refractivity contribution in [3.63, 3.8) is 0 Å². The first kappa shape index (κ1) is 21.7. The molecular formula is C27H25N3O4. The van der Waals surface area contributed by atoms with Crippen LogP contribution in [-0.2, 0) is 20.9 Å². The third-order valence-electron chi connectivity index (χ3n) is 6.13. The first-order valence-corrected chi connectivity index (χ1v) is 11.3. The van der Waals surface area contributed by atoms with Gasteiger partial charge in [-0.1, -0.05) is 60.7 Å². The van der Waals surface area contributed by atoms with Crippen LogP contribution < -0.4 is 9.64 Å². The highest BCUT2D eigenvalue weighted by Gasteiger charge is 2.48. The summed E-state index contributed by atoms with van der Waals surface area (Å²) in [6.07, 6.45) is 0. The van der Waals surface area contributed by atoms with E-state index in [9.17, 15) is 9.59 Å². The van der Waals surface area contributed by atoms with Crippen molar-refractivity contribution in [2.75, 3.05) is 18.6 Å². The predicted octanol–water partition coefficient (Wildman–Crippen LogP) is 4.36. The largest absolute Gasteiger partial charge is 0.496 e. The van der Waals surface area contributed by atoms with E-state index in [4.69, 9.17) is 14.5 Å². The molecule has 0 aliphatic carbocycles. The number of ether oxygens (including phenoxy) is 2. The van der Waals surface area contributed by atoms with Crippen LogP contribution in [0.2, 0.25) is 0 Å². The van der Waals surface area contributed by atoms with E-state index in [1.165, 1.54) is 0 Å². The number of imidazole rings is 1. The fraction of sp³-hybridized carbons (Fsp3) is 0.222. The summed E-state index contributed by atoms with van der Waals surface area (Å²) in [6, 6.07) is 24.1. The van der Waals surface area contributed by atoms with E-state index in [1.807, 2.05) is 83.4 Å². The Bertz CT molecular complexity index is 1350. The molecule has 0 fully saturated rings. The molecule has 34 heavy (non-hydrogen) atoms. The molecule has 0 saturated carbocycles. The Morgan fingerprint density at radius 2 is 1.68 bits per heavy atom. The highest BCUT2D eigenvalue weighted by Crippen LogP contribution is 2.44. The van der Waals surface area contributed by atoms with Crippen molar-refractivity contribution in [3.05, 3.63) is 90.0 Å². The Hall–Kier alpha value is -4.13. The van der Waals surface area contributed by atoms with Gasteiger partial charge in [-0.25, -0.2) is 4.98 Å². The number of aromatic nitrogens is 2. The van der Waals surface area contributed by atoms with Crippen LogP contribution >= 0.6 is 0 Å². The zero-order chi connectivity index (χ0) is 23.7. The Labute approximate surface area is 197 Å².